The van der Waals surface area contributed by atoms with Crippen LogP contribution >= 0.6 is 0 Å². The number of benzene rings is 8. The van der Waals surface area contributed by atoms with Crippen LogP contribution in [0.3, 0.4) is 0 Å². The van der Waals surface area contributed by atoms with Crippen molar-refractivity contribution < 1.29 is 8.83 Å². The molecule has 11 aromatic rings. The van der Waals surface area contributed by atoms with Crippen molar-refractivity contribution in [1.82, 2.24) is 4.98 Å². The van der Waals surface area contributed by atoms with E-state index in [9.17, 15) is 0 Å². The highest BCUT2D eigenvalue weighted by molar-refractivity contribution is 6.19. The number of hydrogen-bond donors (Lipinski definition) is 0. The van der Waals surface area contributed by atoms with E-state index in [0.29, 0.717) is 0 Å². The Bertz CT molecular complexity index is 4030. The van der Waals surface area contributed by atoms with Gasteiger partial charge < -0.3 is 13.7 Å². The zero-order valence-electron chi connectivity index (χ0n) is 39.7. The quantitative estimate of drug-likeness (QED) is 0.177. The number of anilines is 3. The summed E-state index contributed by atoms with van der Waals surface area (Å²) in [6.07, 6.45) is 3.74. The van der Waals surface area contributed by atoms with Crippen LogP contribution in [0.15, 0.2) is 167 Å². The van der Waals surface area contributed by atoms with Crippen LogP contribution in [-0.2, 0) is 16.2 Å². The van der Waals surface area contributed by atoms with Gasteiger partial charge in [-0.1, -0.05) is 114 Å². The molecule has 0 aliphatic heterocycles. The van der Waals surface area contributed by atoms with E-state index >= 15 is 0 Å². The monoisotopic (exact) mass is 878 g/mol. The summed E-state index contributed by atoms with van der Waals surface area (Å²) in [5.41, 5.74) is 27.0. The van der Waals surface area contributed by atoms with E-state index in [2.05, 4.69) is 211 Å². The maximum atomic E-state index is 6.77. The molecule has 328 valence electrons. The van der Waals surface area contributed by atoms with E-state index in [1.165, 1.54) is 99.7 Å². The molecule has 0 radical (unpaired) electrons. The van der Waals surface area contributed by atoms with Gasteiger partial charge in [0, 0.05) is 72.8 Å². The van der Waals surface area contributed by atoms with Gasteiger partial charge in [-0.25, -0.2) is 0 Å². The van der Waals surface area contributed by atoms with Crippen LogP contribution in [0.5, 0.6) is 0 Å². The van der Waals surface area contributed by atoms with E-state index in [-0.39, 0.29) is 16.2 Å². The first kappa shape index (κ1) is 39.5. The Morgan fingerprint density at radius 2 is 1.00 bits per heavy atom. The van der Waals surface area contributed by atoms with Gasteiger partial charge in [0.25, 0.3) is 0 Å². The number of rotatable bonds is 4. The number of aryl methyl sites for hydroxylation is 2. The normalized spacial score (nSPS) is 15.4. The summed E-state index contributed by atoms with van der Waals surface area (Å²) in [7, 11) is 0. The van der Waals surface area contributed by atoms with Crippen molar-refractivity contribution in [2.45, 2.75) is 71.6 Å². The summed E-state index contributed by atoms with van der Waals surface area (Å²) in [6, 6.07) is 54.3. The minimum Gasteiger partial charge on any atom is -0.456 e. The van der Waals surface area contributed by atoms with E-state index in [4.69, 9.17) is 8.83 Å². The Morgan fingerprint density at radius 3 is 1.74 bits per heavy atom. The molecule has 0 unspecified atom stereocenters. The molecule has 0 fully saturated rings. The largest absolute Gasteiger partial charge is 0.456 e. The zero-order chi connectivity index (χ0) is 46.2. The van der Waals surface area contributed by atoms with E-state index in [0.717, 1.165) is 50.2 Å². The average molecular weight is 879 g/mol. The SMILES string of the molecule is Cc1ccc(N(c2ccc3c(c2)C(C)(C)c2cc4c(cc2-3)C(C)(C)c2ccc3oc5ccccc5c3c2-4)c2ccc3c(c2)C(C)(C)c2cc(-c4ccncc4)c4oc5ccccc5c4c2-3)c(C)c1. The van der Waals surface area contributed by atoms with Crippen molar-refractivity contribution in [1.29, 1.82) is 0 Å². The predicted octanol–water partition coefficient (Wildman–Crippen LogP) is 17.6. The fourth-order valence-electron chi connectivity index (χ4n) is 12.8. The first-order valence-electron chi connectivity index (χ1n) is 24.0. The van der Waals surface area contributed by atoms with Gasteiger partial charge in [-0.15, -0.1) is 0 Å². The van der Waals surface area contributed by atoms with Crippen molar-refractivity contribution in [2.24, 2.45) is 0 Å². The Hall–Kier alpha value is -7.69. The fraction of sp³-hybridized carbons (Fsp3) is 0.172. The van der Waals surface area contributed by atoms with E-state index < -0.39 is 0 Å². The third-order valence-corrected chi connectivity index (χ3v) is 16.3. The van der Waals surface area contributed by atoms with Crippen LogP contribution in [0.2, 0.25) is 0 Å². The molecule has 0 amide bonds. The predicted molar refractivity (Wildman–Crippen MR) is 281 cm³/mol. The lowest BCUT2D eigenvalue weighted by Gasteiger charge is -2.31. The average Bonchev–Trinajstić information content (AvgIpc) is 4.08. The molecule has 68 heavy (non-hydrogen) atoms. The molecule has 0 N–H and O–H groups in total. The van der Waals surface area contributed by atoms with Crippen LogP contribution in [0.25, 0.3) is 88.4 Å². The van der Waals surface area contributed by atoms with Gasteiger partial charge in [0.05, 0.1) is 0 Å². The summed E-state index contributed by atoms with van der Waals surface area (Å²) >= 11 is 0. The van der Waals surface area contributed by atoms with Gasteiger partial charge in [0.15, 0.2) is 0 Å². The first-order chi connectivity index (χ1) is 32.8. The third-order valence-electron chi connectivity index (χ3n) is 16.3. The minimum atomic E-state index is -0.300. The van der Waals surface area contributed by atoms with Crippen molar-refractivity contribution in [2.75, 3.05) is 4.90 Å². The lowest BCUT2D eigenvalue weighted by molar-refractivity contribution is 0.651. The molecule has 0 saturated carbocycles. The molecule has 4 heteroatoms. The molecule has 0 saturated heterocycles. The Kier molecular flexibility index (Phi) is 7.70. The minimum absolute atomic E-state index is 0.170. The molecule has 8 aromatic carbocycles. The lowest BCUT2D eigenvalue weighted by atomic mass is 9.79. The lowest BCUT2D eigenvalue weighted by Crippen LogP contribution is -2.18. The van der Waals surface area contributed by atoms with Crippen LogP contribution in [0.1, 0.15) is 86.1 Å². The summed E-state index contributed by atoms with van der Waals surface area (Å²) in [5.74, 6) is 0. The van der Waals surface area contributed by atoms with Crippen LogP contribution in [0.4, 0.5) is 17.1 Å². The number of nitrogens with zero attached hydrogens (tertiary/aromatic N) is 2. The molecule has 3 heterocycles. The van der Waals surface area contributed by atoms with Crippen LogP contribution < -0.4 is 4.90 Å². The van der Waals surface area contributed by atoms with Crippen molar-refractivity contribution in [3.05, 3.63) is 202 Å². The molecule has 0 spiro atoms. The Morgan fingerprint density at radius 1 is 0.426 bits per heavy atom. The summed E-state index contributed by atoms with van der Waals surface area (Å²) < 4.78 is 13.2. The number of fused-ring (bicyclic) bond motifs is 17. The number of hydrogen-bond acceptors (Lipinski definition) is 4. The fourth-order valence-corrected chi connectivity index (χ4v) is 12.8. The molecule has 4 nitrogen and oxygen atoms in total. The summed E-state index contributed by atoms with van der Waals surface area (Å²) in [4.78, 5) is 6.85. The van der Waals surface area contributed by atoms with E-state index in [1.807, 2.05) is 12.4 Å². The van der Waals surface area contributed by atoms with Crippen molar-refractivity contribution in [3.8, 4) is 44.5 Å². The van der Waals surface area contributed by atoms with Crippen LogP contribution in [0, 0.1) is 13.8 Å². The highest BCUT2D eigenvalue weighted by atomic mass is 16.3. The van der Waals surface area contributed by atoms with Crippen molar-refractivity contribution in [3.63, 3.8) is 0 Å². The molecule has 0 bridgehead atoms. The smallest absolute Gasteiger partial charge is 0.143 e. The van der Waals surface area contributed by atoms with Gasteiger partial charge in [0.1, 0.15) is 22.3 Å². The Balaban J connectivity index is 0.941. The molecule has 0 atom stereocenters. The standard InChI is InChI=1S/C64H50N2O2/c1-35-17-23-53(36(2)29-35)66(39-19-21-41-49(31-39)64(7,8)52-32-44(37-25-27-65-28-26-37)61-60(57(41)52)43-14-10-12-16-55(43)68-61)38-18-20-40-45-33-51-46(34-50(45)63(5,6)48(40)30-38)58-47(62(51,3)4)22-24-56-59(58)42-13-9-11-15-54(42)67-56/h9-34H,1-8H3. The second-order valence-electron chi connectivity index (χ2n) is 21.2. The highest BCUT2D eigenvalue weighted by Gasteiger charge is 2.44. The molecule has 3 aliphatic carbocycles. The number of aromatic nitrogens is 1. The number of para-hydroxylation sites is 2. The molecular weight excluding hydrogens is 829 g/mol. The van der Waals surface area contributed by atoms with E-state index in [1.54, 1.807) is 0 Å². The molecule has 3 aliphatic rings. The van der Waals surface area contributed by atoms with Gasteiger partial charge in [0.2, 0.25) is 0 Å². The third kappa shape index (κ3) is 5.07. The van der Waals surface area contributed by atoms with Crippen LogP contribution in [-0.4, -0.2) is 4.98 Å². The molecule has 14 rings (SSSR count). The maximum Gasteiger partial charge on any atom is 0.143 e. The topological polar surface area (TPSA) is 42.4 Å². The molecular formula is C64H50N2O2. The van der Waals surface area contributed by atoms with Crippen molar-refractivity contribution >= 4 is 60.9 Å². The van der Waals surface area contributed by atoms with Gasteiger partial charge >= 0.3 is 0 Å². The second kappa shape index (κ2) is 13.3. The number of pyridine rings is 1. The first-order valence-corrected chi connectivity index (χ1v) is 24.0. The van der Waals surface area contributed by atoms with Gasteiger partial charge in [-0.3, -0.25) is 4.98 Å². The molecule has 3 aromatic heterocycles. The second-order valence-corrected chi connectivity index (χ2v) is 21.2. The highest BCUT2D eigenvalue weighted by Crippen LogP contribution is 2.60. The Labute approximate surface area is 396 Å². The van der Waals surface area contributed by atoms with Gasteiger partial charge in [-0.05, 0) is 171 Å². The maximum absolute atomic E-state index is 6.77. The van der Waals surface area contributed by atoms with Gasteiger partial charge in [-0.2, -0.15) is 0 Å². The summed E-state index contributed by atoms with van der Waals surface area (Å²) in [5, 5.41) is 4.72. The zero-order valence-corrected chi connectivity index (χ0v) is 39.7. The number of furan rings is 2. The summed E-state index contributed by atoms with van der Waals surface area (Å²) in [6.45, 7) is 18.8.